The predicted octanol–water partition coefficient (Wildman–Crippen LogP) is 8.25. The summed E-state index contributed by atoms with van der Waals surface area (Å²) in [6, 6.07) is 28.6. The maximum absolute atomic E-state index is 13.2. The number of hydrogen-bond acceptors (Lipinski definition) is 12. The Balaban J connectivity index is 1.18. The minimum absolute atomic E-state index is 0.0125. The molecule has 4 aromatic carbocycles. The van der Waals surface area contributed by atoms with Crippen molar-refractivity contribution >= 4 is 44.6 Å². The van der Waals surface area contributed by atoms with Gasteiger partial charge in [-0.25, -0.2) is 24.8 Å². The van der Waals surface area contributed by atoms with Gasteiger partial charge in [0.15, 0.2) is 11.2 Å². The third kappa shape index (κ3) is 12.6. The fraction of sp³-hybridized carbons (Fsp3) is 0.256. The Morgan fingerprint density at radius 1 is 0.855 bits per heavy atom. The fourth-order valence-corrected chi connectivity index (χ4v) is 6.31. The van der Waals surface area contributed by atoms with E-state index in [0.29, 0.717) is 43.1 Å². The molecular weight excluding hydrogens is 719 g/mol. The van der Waals surface area contributed by atoms with Crippen LogP contribution in [-0.2, 0) is 36.8 Å². The molecule has 0 radical (unpaired) electrons. The van der Waals surface area contributed by atoms with Crippen LogP contribution in [0.2, 0.25) is 0 Å². The fourth-order valence-electron chi connectivity index (χ4n) is 5.47. The highest BCUT2D eigenvalue weighted by Crippen LogP contribution is 2.30. The highest BCUT2D eigenvalue weighted by molar-refractivity contribution is 7.22. The van der Waals surface area contributed by atoms with Crippen LogP contribution in [0.3, 0.4) is 0 Å². The Morgan fingerprint density at radius 3 is 2.35 bits per heavy atom. The van der Waals surface area contributed by atoms with E-state index in [1.807, 2.05) is 36.4 Å². The number of esters is 3. The third-order valence-electron chi connectivity index (χ3n) is 8.23. The summed E-state index contributed by atoms with van der Waals surface area (Å²) in [4.78, 5) is 40.9. The van der Waals surface area contributed by atoms with Gasteiger partial charge in [0.2, 0.25) is 0 Å². The second-order valence-corrected chi connectivity index (χ2v) is 13.4. The van der Waals surface area contributed by atoms with Crippen LogP contribution in [0.1, 0.15) is 47.7 Å². The molecule has 0 amide bonds. The second-order valence-electron chi connectivity index (χ2n) is 12.4. The lowest BCUT2D eigenvalue weighted by Gasteiger charge is -2.18. The summed E-state index contributed by atoms with van der Waals surface area (Å²) in [5.74, 6) is -0.739. The van der Waals surface area contributed by atoms with Crippen LogP contribution < -0.4 is 20.3 Å². The molecule has 286 valence electrons. The minimum Gasteiger partial charge on any atom is -0.490 e. The van der Waals surface area contributed by atoms with Gasteiger partial charge in [0.05, 0.1) is 29.0 Å². The van der Waals surface area contributed by atoms with E-state index in [2.05, 4.69) is 60.2 Å². The number of fused-ring (bicyclic) bond motifs is 1. The van der Waals surface area contributed by atoms with Crippen LogP contribution in [0.15, 0.2) is 116 Å². The number of ether oxygens (including phenoxy) is 5. The Hall–Kier alpha value is -5.82. The summed E-state index contributed by atoms with van der Waals surface area (Å²) in [6.07, 6.45) is 4.83. The van der Waals surface area contributed by atoms with Crippen molar-refractivity contribution in [3.63, 3.8) is 0 Å². The van der Waals surface area contributed by atoms with Crippen LogP contribution in [0.4, 0.5) is 5.13 Å². The molecule has 2 N–H and O–H groups in total. The van der Waals surface area contributed by atoms with Gasteiger partial charge in [-0.1, -0.05) is 80.3 Å². The summed E-state index contributed by atoms with van der Waals surface area (Å²) < 4.78 is 28.7. The highest BCUT2D eigenvalue weighted by Gasteiger charge is 2.16. The number of aryl methyl sites for hydroxylation is 1. The molecule has 55 heavy (non-hydrogen) atoms. The molecule has 1 unspecified atom stereocenters. The molecule has 0 aliphatic rings. The van der Waals surface area contributed by atoms with Crippen LogP contribution in [0.25, 0.3) is 21.3 Å². The largest absolute Gasteiger partial charge is 0.490 e. The number of hydrogen-bond donors (Lipinski definition) is 2. The molecule has 11 nitrogen and oxygen atoms in total. The SMILES string of the molecule is C=CC(=O)OCCCCOCC(COc1ccc(C(=O)Oc2ccc(-c3ccc(CCC)cc3)c(CNNc3nc4ccccc4s3)c2)cc1)OC(=O)C=C. The van der Waals surface area contributed by atoms with Crippen molar-refractivity contribution in [1.82, 2.24) is 10.4 Å². The zero-order valence-electron chi connectivity index (χ0n) is 30.8. The van der Waals surface area contributed by atoms with Gasteiger partial charge in [-0.05, 0) is 90.0 Å². The zero-order chi connectivity index (χ0) is 38.8. The second kappa shape index (κ2) is 21.2. The van der Waals surface area contributed by atoms with E-state index in [4.69, 9.17) is 23.7 Å². The summed E-state index contributed by atoms with van der Waals surface area (Å²) >= 11 is 1.56. The molecule has 0 fully saturated rings. The van der Waals surface area contributed by atoms with E-state index in [1.165, 1.54) is 5.56 Å². The molecule has 0 aliphatic heterocycles. The summed E-state index contributed by atoms with van der Waals surface area (Å²) in [5.41, 5.74) is 12.0. The van der Waals surface area contributed by atoms with Gasteiger partial charge in [0.1, 0.15) is 18.1 Å². The predicted molar refractivity (Wildman–Crippen MR) is 214 cm³/mol. The average Bonchev–Trinajstić information content (AvgIpc) is 3.63. The average molecular weight is 764 g/mol. The number of nitrogens with one attached hydrogen (secondary N) is 2. The maximum Gasteiger partial charge on any atom is 0.343 e. The third-order valence-corrected chi connectivity index (χ3v) is 9.18. The van der Waals surface area contributed by atoms with Crippen molar-refractivity contribution in [1.29, 1.82) is 0 Å². The molecule has 0 spiro atoms. The topological polar surface area (TPSA) is 134 Å². The lowest BCUT2D eigenvalue weighted by molar-refractivity contribution is -0.148. The number of aromatic nitrogens is 1. The Kier molecular flexibility index (Phi) is 15.5. The molecule has 5 rings (SSSR count). The standard InChI is InChI=1S/C43H45N3O8S/c1-4-11-30-14-16-31(17-15-30)37-23-22-35(26-33(37)27-44-46-43-45-38-12-7-8-13-39(38)55-43)54-42(49)32-18-20-34(21-19-32)52-29-36(53-41(48)6-3)28-50-24-9-10-25-51-40(47)5-2/h5-8,12-23,26,36,44H,2-4,9-11,24-25,27-29H2,1H3,(H,45,46). The number of para-hydroxylation sites is 1. The zero-order valence-corrected chi connectivity index (χ0v) is 31.6. The van der Waals surface area contributed by atoms with Gasteiger partial charge in [-0.3, -0.25) is 5.43 Å². The minimum atomic E-state index is -0.703. The lowest BCUT2D eigenvalue weighted by atomic mass is 9.97. The van der Waals surface area contributed by atoms with Crippen LogP contribution >= 0.6 is 11.3 Å². The van der Waals surface area contributed by atoms with Crippen molar-refractivity contribution in [3.8, 4) is 22.6 Å². The van der Waals surface area contributed by atoms with E-state index in [0.717, 1.165) is 57.0 Å². The molecule has 1 atom stereocenters. The quantitative estimate of drug-likeness (QED) is 0.0232. The number of hydrazine groups is 1. The molecule has 0 bridgehead atoms. The first-order valence-electron chi connectivity index (χ1n) is 18.1. The molecule has 0 saturated carbocycles. The monoisotopic (exact) mass is 763 g/mol. The summed E-state index contributed by atoms with van der Waals surface area (Å²) in [5, 5.41) is 0.751. The molecule has 5 aromatic rings. The summed E-state index contributed by atoms with van der Waals surface area (Å²) in [7, 11) is 0. The van der Waals surface area contributed by atoms with Crippen molar-refractivity contribution in [3.05, 3.63) is 133 Å². The first kappa shape index (κ1) is 40.4. The first-order valence-corrected chi connectivity index (χ1v) is 18.9. The van der Waals surface area contributed by atoms with Gasteiger partial charge in [-0.15, -0.1) is 0 Å². The first-order chi connectivity index (χ1) is 26.8. The number of carbonyl (C=O) groups excluding carboxylic acids is 3. The Labute approximate surface area is 324 Å². The molecule has 12 heteroatoms. The van der Waals surface area contributed by atoms with E-state index >= 15 is 0 Å². The van der Waals surface area contributed by atoms with Gasteiger partial charge >= 0.3 is 17.9 Å². The van der Waals surface area contributed by atoms with E-state index in [-0.39, 0.29) is 19.8 Å². The van der Waals surface area contributed by atoms with Gasteiger partial charge < -0.3 is 23.7 Å². The van der Waals surface area contributed by atoms with Crippen LogP contribution in [0, 0.1) is 0 Å². The van der Waals surface area contributed by atoms with Gasteiger partial charge in [0.25, 0.3) is 0 Å². The molecule has 0 aliphatic carbocycles. The van der Waals surface area contributed by atoms with Crippen molar-refractivity contribution < 1.29 is 38.1 Å². The highest BCUT2D eigenvalue weighted by atomic mass is 32.1. The lowest BCUT2D eigenvalue weighted by Crippen LogP contribution is -2.29. The van der Waals surface area contributed by atoms with Crippen molar-refractivity contribution in [2.75, 3.05) is 31.9 Å². The van der Waals surface area contributed by atoms with Gasteiger partial charge in [0, 0.05) is 25.3 Å². The van der Waals surface area contributed by atoms with Gasteiger partial charge in [-0.2, -0.15) is 0 Å². The molecule has 1 aromatic heterocycles. The van der Waals surface area contributed by atoms with Crippen LogP contribution in [0.5, 0.6) is 11.5 Å². The normalized spacial score (nSPS) is 11.4. The maximum atomic E-state index is 13.2. The van der Waals surface area contributed by atoms with E-state index in [9.17, 15) is 14.4 Å². The van der Waals surface area contributed by atoms with E-state index in [1.54, 1.807) is 41.7 Å². The molecule has 1 heterocycles. The smallest absolute Gasteiger partial charge is 0.343 e. The molecule has 0 saturated heterocycles. The van der Waals surface area contributed by atoms with E-state index < -0.39 is 24.0 Å². The Bertz CT molecular complexity index is 2010. The van der Waals surface area contributed by atoms with Crippen molar-refractivity contribution in [2.45, 2.75) is 45.3 Å². The number of anilines is 1. The number of thiazole rings is 1. The number of nitrogens with zero attached hydrogens (tertiary/aromatic N) is 1. The summed E-state index contributed by atoms with van der Waals surface area (Å²) in [6.45, 7) is 10.1. The Morgan fingerprint density at radius 2 is 1.60 bits per heavy atom. The number of benzene rings is 4. The van der Waals surface area contributed by atoms with Crippen molar-refractivity contribution in [2.24, 2.45) is 0 Å². The number of unbranched alkanes of at least 4 members (excludes halogenated alkanes) is 1. The number of carbonyl (C=O) groups is 3. The number of rotatable bonds is 22. The van der Waals surface area contributed by atoms with Crippen LogP contribution in [-0.4, -0.2) is 55.4 Å². The molecular formula is C43H45N3O8S.